The van der Waals surface area contributed by atoms with Gasteiger partial charge in [-0.1, -0.05) is 6.07 Å². The second-order valence-corrected chi connectivity index (χ2v) is 10.6. The van der Waals surface area contributed by atoms with Crippen LogP contribution in [0, 0.1) is 11.6 Å². The molecule has 1 aliphatic rings. The maximum atomic E-state index is 13.5. The summed E-state index contributed by atoms with van der Waals surface area (Å²) in [5, 5.41) is 16.0. The number of pyridine rings is 1. The van der Waals surface area contributed by atoms with Crippen molar-refractivity contribution in [2.24, 2.45) is 0 Å². The summed E-state index contributed by atoms with van der Waals surface area (Å²) in [6.45, 7) is 2.76. The molecule has 1 aliphatic heterocycles. The summed E-state index contributed by atoms with van der Waals surface area (Å²) in [5.74, 6) is -1.09. The van der Waals surface area contributed by atoms with Gasteiger partial charge in [-0.25, -0.2) is 28.5 Å². The molecule has 12 heteroatoms. The average Bonchev–Trinajstić information content (AvgIpc) is 2.93. The summed E-state index contributed by atoms with van der Waals surface area (Å²) in [6, 6.07) is 6.40. The Labute approximate surface area is 240 Å². The molecule has 0 radical (unpaired) electrons. The lowest BCUT2D eigenvalue weighted by atomic mass is 10.1. The third-order valence-corrected chi connectivity index (χ3v) is 6.99. The summed E-state index contributed by atoms with van der Waals surface area (Å²) in [5.41, 5.74) is 2.30. The van der Waals surface area contributed by atoms with Gasteiger partial charge in [-0.15, -0.1) is 0 Å². The SMILES string of the molecule is O=C(O)C(CCN(CCCCc1ccc2c(n1)NCCC2)CCOc1cc(F)cc(F)c1)Nc1ncc(Br)cn1. The molecule has 9 nitrogen and oxygen atoms in total. The second kappa shape index (κ2) is 14.8. The molecular weight excluding hydrogens is 586 g/mol. The number of carbonyl (C=O) groups is 1. The molecule has 40 heavy (non-hydrogen) atoms. The van der Waals surface area contributed by atoms with Crippen LogP contribution in [0.5, 0.6) is 5.75 Å². The van der Waals surface area contributed by atoms with Crippen LogP contribution in [0.2, 0.25) is 0 Å². The Bertz CT molecular complexity index is 1250. The fourth-order valence-corrected chi connectivity index (χ4v) is 4.71. The summed E-state index contributed by atoms with van der Waals surface area (Å²) in [7, 11) is 0. The van der Waals surface area contributed by atoms with E-state index < -0.39 is 23.6 Å². The largest absolute Gasteiger partial charge is 0.492 e. The van der Waals surface area contributed by atoms with Gasteiger partial charge in [0, 0.05) is 55.9 Å². The van der Waals surface area contributed by atoms with Crippen molar-refractivity contribution in [1.82, 2.24) is 19.9 Å². The number of benzene rings is 1. The van der Waals surface area contributed by atoms with E-state index in [1.807, 2.05) is 0 Å². The van der Waals surface area contributed by atoms with E-state index in [1.54, 1.807) is 12.4 Å². The zero-order chi connectivity index (χ0) is 28.3. The van der Waals surface area contributed by atoms with Crippen LogP contribution in [-0.2, 0) is 17.6 Å². The van der Waals surface area contributed by atoms with Crippen molar-refractivity contribution in [1.29, 1.82) is 0 Å². The molecule has 0 saturated heterocycles. The summed E-state index contributed by atoms with van der Waals surface area (Å²) < 4.78 is 33.3. The molecule has 2 aromatic heterocycles. The van der Waals surface area contributed by atoms with Crippen LogP contribution in [0.25, 0.3) is 0 Å². The number of anilines is 2. The highest BCUT2D eigenvalue weighted by atomic mass is 79.9. The van der Waals surface area contributed by atoms with Gasteiger partial charge in [-0.05, 0) is 72.6 Å². The van der Waals surface area contributed by atoms with Crippen molar-refractivity contribution in [3.05, 3.63) is 70.1 Å². The van der Waals surface area contributed by atoms with Gasteiger partial charge in [0.25, 0.3) is 0 Å². The van der Waals surface area contributed by atoms with E-state index in [1.165, 1.54) is 5.56 Å². The van der Waals surface area contributed by atoms with Crippen LogP contribution in [0.1, 0.15) is 36.9 Å². The highest BCUT2D eigenvalue weighted by molar-refractivity contribution is 9.10. The predicted molar refractivity (Wildman–Crippen MR) is 152 cm³/mol. The van der Waals surface area contributed by atoms with Gasteiger partial charge in [0.1, 0.15) is 35.9 Å². The van der Waals surface area contributed by atoms with Gasteiger partial charge in [0.05, 0.1) is 4.47 Å². The van der Waals surface area contributed by atoms with Crippen molar-refractivity contribution in [2.45, 2.75) is 44.6 Å². The first-order chi connectivity index (χ1) is 19.4. The molecule has 214 valence electrons. The molecule has 0 aliphatic carbocycles. The van der Waals surface area contributed by atoms with Gasteiger partial charge >= 0.3 is 5.97 Å². The van der Waals surface area contributed by atoms with Crippen molar-refractivity contribution in [3.63, 3.8) is 0 Å². The van der Waals surface area contributed by atoms with E-state index >= 15 is 0 Å². The number of nitrogens with one attached hydrogen (secondary N) is 2. The summed E-state index contributed by atoms with van der Waals surface area (Å²) in [4.78, 5) is 27.0. The Morgan fingerprint density at radius 1 is 1.12 bits per heavy atom. The second-order valence-electron chi connectivity index (χ2n) is 9.64. The molecule has 3 aromatic rings. The standard InChI is InChI=1S/C28H33BrF2N6O3/c29-20-17-33-28(34-18-20)36-25(27(38)39)8-11-37(12-13-40-24-15-21(30)14-22(31)16-24)10-2-1-5-23-7-6-19-4-3-9-32-26(19)35-23/h6-7,14-18,25H,1-5,8-13H2,(H,32,35)(H,38,39)(H,33,34,36). The highest BCUT2D eigenvalue weighted by Crippen LogP contribution is 2.20. The minimum absolute atomic E-state index is 0.113. The van der Waals surface area contributed by atoms with Crippen molar-refractivity contribution in [3.8, 4) is 5.75 Å². The average molecular weight is 620 g/mol. The van der Waals surface area contributed by atoms with Crippen LogP contribution >= 0.6 is 15.9 Å². The van der Waals surface area contributed by atoms with Crippen LogP contribution < -0.4 is 15.4 Å². The Balaban J connectivity index is 1.31. The van der Waals surface area contributed by atoms with Gasteiger partial charge in [0.15, 0.2) is 0 Å². The molecule has 0 saturated carbocycles. The number of nitrogens with zero attached hydrogens (tertiary/aromatic N) is 4. The van der Waals surface area contributed by atoms with Crippen molar-refractivity contribution < 1.29 is 23.4 Å². The van der Waals surface area contributed by atoms with E-state index in [9.17, 15) is 18.7 Å². The number of hydrogen-bond acceptors (Lipinski definition) is 8. The smallest absolute Gasteiger partial charge is 0.326 e. The van der Waals surface area contributed by atoms with Gasteiger partial charge < -0.3 is 20.5 Å². The Morgan fingerprint density at radius 2 is 1.90 bits per heavy atom. The lowest BCUT2D eigenvalue weighted by Gasteiger charge is -2.24. The third-order valence-electron chi connectivity index (χ3n) is 6.58. The fourth-order valence-electron chi connectivity index (χ4n) is 4.50. The number of ether oxygens (including phenoxy) is 1. The zero-order valence-electron chi connectivity index (χ0n) is 22.1. The molecule has 1 atom stereocenters. The van der Waals surface area contributed by atoms with E-state index in [0.717, 1.165) is 68.4 Å². The Hall–Kier alpha value is -3.38. The summed E-state index contributed by atoms with van der Waals surface area (Å²) >= 11 is 3.26. The first kappa shape index (κ1) is 29.6. The molecule has 0 spiro atoms. The number of halogens is 3. The Morgan fingerprint density at radius 3 is 2.65 bits per heavy atom. The maximum Gasteiger partial charge on any atom is 0.326 e. The number of unbranched alkanes of at least 4 members (excludes halogenated alkanes) is 1. The topological polar surface area (TPSA) is 112 Å². The van der Waals surface area contributed by atoms with E-state index in [-0.39, 0.29) is 18.3 Å². The number of fused-ring (bicyclic) bond motifs is 1. The number of aliphatic carboxylic acids is 1. The number of hydrogen-bond donors (Lipinski definition) is 3. The molecular formula is C28H33BrF2N6O3. The first-order valence-corrected chi connectivity index (χ1v) is 14.2. The number of rotatable bonds is 15. The van der Waals surface area contributed by atoms with Crippen molar-refractivity contribution >= 4 is 33.7 Å². The van der Waals surface area contributed by atoms with Crippen LogP contribution in [0.4, 0.5) is 20.5 Å². The van der Waals surface area contributed by atoms with Crippen LogP contribution in [-0.4, -0.2) is 69.8 Å². The molecule has 0 bridgehead atoms. The molecule has 3 N–H and O–H groups in total. The number of aromatic nitrogens is 3. The predicted octanol–water partition coefficient (Wildman–Crippen LogP) is 4.93. The van der Waals surface area contributed by atoms with E-state index in [4.69, 9.17) is 9.72 Å². The number of aryl methyl sites for hydroxylation is 2. The fraction of sp³-hybridized carbons (Fsp3) is 0.429. The zero-order valence-corrected chi connectivity index (χ0v) is 23.7. The molecule has 1 unspecified atom stereocenters. The Kier molecular flexibility index (Phi) is 11.0. The first-order valence-electron chi connectivity index (χ1n) is 13.4. The van der Waals surface area contributed by atoms with Crippen molar-refractivity contribution in [2.75, 3.05) is 43.4 Å². The molecule has 0 amide bonds. The monoisotopic (exact) mass is 618 g/mol. The quantitative estimate of drug-likeness (QED) is 0.204. The minimum atomic E-state index is -1.01. The molecule has 0 fully saturated rings. The minimum Gasteiger partial charge on any atom is -0.492 e. The maximum absolute atomic E-state index is 13.5. The normalized spacial score (nSPS) is 13.4. The van der Waals surface area contributed by atoms with Crippen LogP contribution in [0.15, 0.2) is 47.2 Å². The number of carboxylic acids is 1. The molecule has 1 aromatic carbocycles. The van der Waals surface area contributed by atoms with Gasteiger partial charge in [0.2, 0.25) is 5.95 Å². The lowest BCUT2D eigenvalue weighted by molar-refractivity contribution is -0.138. The lowest BCUT2D eigenvalue weighted by Crippen LogP contribution is -2.37. The molecule has 3 heterocycles. The van der Waals surface area contributed by atoms with E-state index in [0.29, 0.717) is 30.5 Å². The van der Waals surface area contributed by atoms with E-state index in [2.05, 4.69) is 53.6 Å². The number of carboxylic acid groups (broad SMARTS) is 1. The van der Waals surface area contributed by atoms with Gasteiger partial charge in [-0.3, -0.25) is 4.90 Å². The van der Waals surface area contributed by atoms with Gasteiger partial charge in [-0.2, -0.15) is 0 Å². The summed E-state index contributed by atoms with van der Waals surface area (Å²) in [6.07, 6.45) is 8.16. The molecule has 4 rings (SSSR count). The highest BCUT2D eigenvalue weighted by Gasteiger charge is 2.20. The third kappa shape index (κ3) is 9.37. The van der Waals surface area contributed by atoms with Crippen LogP contribution in [0.3, 0.4) is 0 Å².